The Hall–Kier alpha value is -1.51. The molecule has 0 unspecified atom stereocenters. The van der Waals surface area contributed by atoms with E-state index in [1.165, 1.54) is 5.56 Å². The summed E-state index contributed by atoms with van der Waals surface area (Å²) < 4.78 is 1.06. The van der Waals surface area contributed by atoms with Gasteiger partial charge in [-0.25, -0.2) is 0 Å². The Bertz CT molecular complexity index is 672. The van der Waals surface area contributed by atoms with E-state index < -0.39 is 0 Å². The van der Waals surface area contributed by atoms with E-state index in [1.807, 2.05) is 36.7 Å². The lowest BCUT2D eigenvalue weighted by Crippen LogP contribution is -2.48. The number of hydrogen-bond donors (Lipinski definition) is 1. The molecule has 6 heteroatoms. The van der Waals surface area contributed by atoms with E-state index in [9.17, 15) is 4.79 Å². The molecule has 0 aliphatic carbocycles. The molecule has 1 amide bonds. The highest BCUT2D eigenvalue weighted by molar-refractivity contribution is 14.1. The maximum Gasteiger partial charge on any atom is 0.238 e. The Labute approximate surface area is 156 Å². The summed E-state index contributed by atoms with van der Waals surface area (Å²) in [5, 5.41) is 3.00. The van der Waals surface area contributed by atoms with Crippen LogP contribution in [0.2, 0.25) is 0 Å². The molecule has 1 aromatic carbocycles. The SMILES string of the molecule is O=C(CN1CCN(Cc2ccncc2)CC1)Nc1ccccc1I. The molecule has 1 aliphatic heterocycles. The van der Waals surface area contributed by atoms with E-state index in [-0.39, 0.29) is 5.91 Å². The predicted octanol–water partition coefficient (Wildman–Crippen LogP) is 2.44. The molecule has 24 heavy (non-hydrogen) atoms. The lowest BCUT2D eigenvalue weighted by molar-refractivity contribution is -0.117. The number of nitrogens with one attached hydrogen (secondary N) is 1. The number of rotatable bonds is 5. The van der Waals surface area contributed by atoms with Gasteiger partial charge in [0.25, 0.3) is 0 Å². The molecule has 1 N–H and O–H groups in total. The van der Waals surface area contributed by atoms with Crippen molar-refractivity contribution >= 4 is 34.2 Å². The van der Waals surface area contributed by atoms with Gasteiger partial charge in [0.15, 0.2) is 0 Å². The summed E-state index contributed by atoms with van der Waals surface area (Å²) in [5.41, 5.74) is 2.18. The van der Waals surface area contributed by atoms with E-state index in [4.69, 9.17) is 0 Å². The van der Waals surface area contributed by atoms with Gasteiger partial charge in [0.05, 0.1) is 12.2 Å². The Kier molecular flexibility index (Phi) is 6.17. The fourth-order valence-electron chi connectivity index (χ4n) is 2.81. The Morgan fingerprint density at radius 3 is 2.42 bits per heavy atom. The average molecular weight is 436 g/mol. The van der Waals surface area contributed by atoms with E-state index in [0.29, 0.717) is 6.54 Å². The maximum atomic E-state index is 12.2. The summed E-state index contributed by atoms with van der Waals surface area (Å²) in [6, 6.07) is 12.0. The zero-order valence-corrected chi connectivity index (χ0v) is 15.6. The Morgan fingerprint density at radius 2 is 1.71 bits per heavy atom. The van der Waals surface area contributed by atoms with Gasteiger partial charge in [0.2, 0.25) is 5.91 Å². The smallest absolute Gasteiger partial charge is 0.238 e. The van der Waals surface area contributed by atoms with Crippen molar-refractivity contribution in [2.24, 2.45) is 0 Å². The monoisotopic (exact) mass is 436 g/mol. The number of benzene rings is 1. The second kappa shape index (κ2) is 8.55. The van der Waals surface area contributed by atoms with Crippen LogP contribution in [0.1, 0.15) is 5.56 Å². The predicted molar refractivity (Wildman–Crippen MR) is 104 cm³/mol. The third-order valence-electron chi connectivity index (χ3n) is 4.14. The molecule has 5 nitrogen and oxygen atoms in total. The zero-order chi connectivity index (χ0) is 16.8. The van der Waals surface area contributed by atoms with Crippen LogP contribution >= 0.6 is 22.6 Å². The minimum absolute atomic E-state index is 0.0571. The number of piperazine rings is 1. The molecular formula is C18H21IN4O. The molecule has 2 heterocycles. The van der Waals surface area contributed by atoms with Gasteiger partial charge >= 0.3 is 0 Å². The van der Waals surface area contributed by atoms with Crippen LogP contribution in [-0.2, 0) is 11.3 Å². The van der Waals surface area contributed by atoms with Crippen molar-refractivity contribution in [2.75, 3.05) is 38.0 Å². The van der Waals surface area contributed by atoms with Crippen LogP contribution in [0.25, 0.3) is 0 Å². The van der Waals surface area contributed by atoms with Crippen LogP contribution < -0.4 is 5.32 Å². The molecule has 3 rings (SSSR count). The lowest BCUT2D eigenvalue weighted by Gasteiger charge is -2.34. The highest BCUT2D eigenvalue weighted by atomic mass is 127. The molecule has 1 fully saturated rings. The number of carbonyl (C=O) groups excluding carboxylic acids is 1. The summed E-state index contributed by atoms with van der Waals surface area (Å²) in [6.45, 7) is 5.21. The van der Waals surface area contributed by atoms with E-state index in [0.717, 1.165) is 42.0 Å². The van der Waals surface area contributed by atoms with Gasteiger partial charge in [-0.3, -0.25) is 19.6 Å². The van der Waals surface area contributed by atoms with Gasteiger partial charge in [-0.15, -0.1) is 0 Å². The summed E-state index contributed by atoms with van der Waals surface area (Å²) in [5.74, 6) is 0.0571. The molecule has 126 valence electrons. The van der Waals surface area contributed by atoms with Gasteiger partial charge in [0.1, 0.15) is 0 Å². The summed E-state index contributed by atoms with van der Waals surface area (Å²) in [6.07, 6.45) is 3.67. The molecule has 1 aliphatic rings. The van der Waals surface area contributed by atoms with Gasteiger partial charge < -0.3 is 5.32 Å². The number of nitrogens with zero attached hydrogens (tertiary/aromatic N) is 3. The summed E-state index contributed by atoms with van der Waals surface area (Å²) in [7, 11) is 0. The lowest BCUT2D eigenvalue weighted by atomic mass is 10.2. The number of carbonyl (C=O) groups is 1. The van der Waals surface area contributed by atoms with E-state index >= 15 is 0 Å². The number of aromatic nitrogens is 1. The molecule has 1 saturated heterocycles. The zero-order valence-electron chi connectivity index (χ0n) is 13.5. The van der Waals surface area contributed by atoms with Gasteiger partial charge in [-0.2, -0.15) is 0 Å². The summed E-state index contributed by atoms with van der Waals surface area (Å²) >= 11 is 2.24. The summed E-state index contributed by atoms with van der Waals surface area (Å²) in [4.78, 5) is 20.9. The van der Waals surface area contributed by atoms with Crippen LogP contribution in [0.5, 0.6) is 0 Å². The molecule has 1 aromatic heterocycles. The van der Waals surface area contributed by atoms with Crippen molar-refractivity contribution in [3.63, 3.8) is 0 Å². The Balaban J connectivity index is 1.43. The van der Waals surface area contributed by atoms with Crippen LogP contribution in [0.15, 0.2) is 48.8 Å². The number of hydrogen-bond acceptors (Lipinski definition) is 4. The number of para-hydroxylation sites is 1. The standard InChI is InChI=1S/C18H21IN4O/c19-16-3-1-2-4-17(16)21-18(24)14-23-11-9-22(10-12-23)13-15-5-7-20-8-6-15/h1-8H,9-14H2,(H,21,24). The van der Waals surface area contributed by atoms with Crippen LogP contribution in [0, 0.1) is 3.57 Å². The molecule has 0 radical (unpaired) electrons. The Morgan fingerprint density at radius 1 is 1.04 bits per heavy atom. The van der Waals surface area contributed by atoms with Crippen molar-refractivity contribution in [1.29, 1.82) is 0 Å². The average Bonchev–Trinajstić information content (AvgIpc) is 2.60. The van der Waals surface area contributed by atoms with Crippen molar-refractivity contribution in [1.82, 2.24) is 14.8 Å². The molecule has 0 atom stereocenters. The minimum atomic E-state index is 0.0571. The highest BCUT2D eigenvalue weighted by Gasteiger charge is 2.19. The van der Waals surface area contributed by atoms with Crippen molar-refractivity contribution in [3.05, 3.63) is 57.9 Å². The number of anilines is 1. The van der Waals surface area contributed by atoms with Gasteiger partial charge in [0, 0.05) is 48.7 Å². The number of halogens is 1. The van der Waals surface area contributed by atoms with E-state index in [2.05, 4.69) is 54.8 Å². The number of amides is 1. The number of pyridine rings is 1. The highest BCUT2D eigenvalue weighted by Crippen LogP contribution is 2.17. The second-order valence-electron chi connectivity index (χ2n) is 5.94. The topological polar surface area (TPSA) is 48.5 Å². The minimum Gasteiger partial charge on any atom is -0.324 e. The fourth-order valence-corrected chi connectivity index (χ4v) is 3.33. The van der Waals surface area contributed by atoms with Crippen molar-refractivity contribution in [2.45, 2.75) is 6.54 Å². The third-order valence-corrected chi connectivity index (χ3v) is 5.08. The molecule has 0 bridgehead atoms. The fraction of sp³-hybridized carbons (Fsp3) is 0.333. The quantitative estimate of drug-likeness (QED) is 0.732. The van der Waals surface area contributed by atoms with Crippen LogP contribution in [0.3, 0.4) is 0 Å². The largest absolute Gasteiger partial charge is 0.324 e. The van der Waals surface area contributed by atoms with Gasteiger partial charge in [-0.1, -0.05) is 12.1 Å². The first-order valence-electron chi connectivity index (χ1n) is 8.09. The first-order valence-corrected chi connectivity index (χ1v) is 9.16. The third kappa shape index (κ3) is 4.99. The van der Waals surface area contributed by atoms with Crippen molar-refractivity contribution < 1.29 is 4.79 Å². The van der Waals surface area contributed by atoms with Crippen LogP contribution in [0.4, 0.5) is 5.69 Å². The normalized spacial score (nSPS) is 16.0. The molecule has 0 saturated carbocycles. The first-order chi connectivity index (χ1) is 11.7. The maximum absolute atomic E-state index is 12.2. The molecule has 0 spiro atoms. The first kappa shape index (κ1) is 17.3. The molecular weight excluding hydrogens is 415 g/mol. The van der Waals surface area contributed by atoms with Crippen molar-refractivity contribution in [3.8, 4) is 0 Å². The molecule has 2 aromatic rings. The van der Waals surface area contributed by atoms with Gasteiger partial charge in [-0.05, 0) is 52.4 Å². The van der Waals surface area contributed by atoms with Crippen LogP contribution in [-0.4, -0.2) is 53.4 Å². The van der Waals surface area contributed by atoms with E-state index in [1.54, 1.807) is 0 Å². The second-order valence-corrected chi connectivity index (χ2v) is 7.10.